The Balaban J connectivity index is 1.89. The molecule has 6 heteroatoms. The molecule has 0 saturated carbocycles. The van der Waals surface area contributed by atoms with Gasteiger partial charge in [0.1, 0.15) is 4.88 Å². The number of ether oxygens (including phenoxy) is 1. The van der Waals surface area contributed by atoms with Crippen LogP contribution in [-0.2, 0) is 16.0 Å². The van der Waals surface area contributed by atoms with Gasteiger partial charge in [-0.2, -0.15) is 0 Å². The molecule has 0 atom stereocenters. The van der Waals surface area contributed by atoms with Gasteiger partial charge in [-0.25, -0.2) is 4.79 Å². The summed E-state index contributed by atoms with van der Waals surface area (Å²) in [5, 5.41) is 2.67. The molecule has 116 valence electrons. The zero-order valence-electron chi connectivity index (χ0n) is 12.3. The van der Waals surface area contributed by atoms with Crippen LogP contribution in [0.25, 0.3) is 0 Å². The molecule has 0 radical (unpaired) electrons. The van der Waals surface area contributed by atoms with Gasteiger partial charge in [-0.05, 0) is 43.2 Å². The molecule has 0 spiro atoms. The lowest BCUT2D eigenvalue weighted by Crippen LogP contribution is -2.20. The number of hydrogen-bond acceptors (Lipinski definition) is 4. The molecule has 2 rings (SSSR count). The van der Waals surface area contributed by atoms with Gasteiger partial charge in [0, 0.05) is 15.0 Å². The average Bonchev–Trinajstić information content (AvgIpc) is 2.86. The fraction of sp³-hybridized carbons (Fsp3) is 0.250. The van der Waals surface area contributed by atoms with Crippen molar-refractivity contribution in [1.82, 2.24) is 0 Å². The van der Waals surface area contributed by atoms with E-state index in [0.29, 0.717) is 10.6 Å². The molecule has 1 aromatic heterocycles. The molecule has 0 fully saturated rings. The van der Waals surface area contributed by atoms with Crippen LogP contribution >= 0.6 is 27.3 Å². The predicted octanol–water partition coefficient (Wildman–Crippen LogP) is 4.18. The summed E-state index contributed by atoms with van der Waals surface area (Å²) in [5.41, 5.74) is 1.73. The van der Waals surface area contributed by atoms with Gasteiger partial charge in [-0.15, -0.1) is 11.3 Å². The number of halogens is 1. The van der Waals surface area contributed by atoms with Crippen LogP contribution < -0.4 is 5.32 Å². The van der Waals surface area contributed by atoms with E-state index in [9.17, 15) is 9.59 Å². The van der Waals surface area contributed by atoms with Gasteiger partial charge in [-0.1, -0.05) is 28.9 Å². The summed E-state index contributed by atoms with van der Waals surface area (Å²) in [6.07, 6.45) is 0.882. The normalized spacial score (nSPS) is 10.3. The van der Waals surface area contributed by atoms with Crippen LogP contribution in [0, 0.1) is 6.92 Å². The summed E-state index contributed by atoms with van der Waals surface area (Å²) < 4.78 is 5.92. The molecule has 0 bridgehead atoms. The van der Waals surface area contributed by atoms with Gasteiger partial charge in [-0.3, -0.25) is 4.79 Å². The van der Waals surface area contributed by atoms with Gasteiger partial charge in [0.2, 0.25) is 0 Å². The van der Waals surface area contributed by atoms with E-state index in [0.717, 1.165) is 21.3 Å². The third-order valence-electron chi connectivity index (χ3n) is 2.99. The van der Waals surface area contributed by atoms with Crippen LogP contribution in [0.15, 0.2) is 34.8 Å². The Morgan fingerprint density at radius 1 is 1.32 bits per heavy atom. The first-order valence-corrected chi connectivity index (χ1v) is 8.42. The van der Waals surface area contributed by atoms with Gasteiger partial charge in [0.05, 0.1) is 0 Å². The highest BCUT2D eigenvalue weighted by atomic mass is 79.9. The highest BCUT2D eigenvalue weighted by Gasteiger charge is 2.14. The van der Waals surface area contributed by atoms with E-state index in [4.69, 9.17) is 4.74 Å². The number of carbonyl (C=O) groups is 2. The maximum atomic E-state index is 11.9. The summed E-state index contributed by atoms with van der Waals surface area (Å²) in [6, 6.07) is 9.01. The highest BCUT2D eigenvalue weighted by molar-refractivity contribution is 9.10. The van der Waals surface area contributed by atoms with E-state index in [1.54, 1.807) is 18.2 Å². The quantitative estimate of drug-likeness (QED) is 0.790. The van der Waals surface area contributed by atoms with Crippen molar-refractivity contribution in [3.05, 3.63) is 50.1 Å². The van der Waals surface area contributed by atoms with Crippen molar-refractivity contribution >= 4 is 44.8 Å². The molecule has 0 unspecified atom stereocenters. The minimum Gasteiger partial charge on any atom is -0.451 e. The Morgan fingerprint density at radius 3 is 2.73 bits per heavy atom. The summed E-state index contributed by atoms with van der Waals surface area (Å²) in [5.74, 6) is -0.826. The van der Waals surface area contributed by atoms with Crippen LogP contribution in [-0.4, -0.2) is 18.5 Å². The zero-order chi connectivity index (χ0) is 16.1. The first-order chi connectivity index (χ1) is 10.5. The second-order valence-corrected chi connectivity index (χ2v) is 6.76. The molecular formula is C16H16BrNO3S. The molecule has 0 aliphatic carbocycles. The molecule has 1 heterocycles. The van der Waals surface area contributed by atoms with Crippen molar-refractivity contribution in [2.24, 2.45) is 0 Å². The number of nitrogens with one attached hydrogen (secondary N) is 1. The number of benzene rings is 1. The summed E-state index contributed by atoms with van der Waals surface area (Å²) >= 11 is 4.74. The largest absolute Gasteiger partial charge is 0.451 e. The third kappa shape index (κ3) is 4.42. The van der Waals surface area contributed by atoms with Crippen molar-refractivity contribution < 1.29 is 14.3 Å². The number of anilines is 1. The molecular weight excluding hydrogens is 366 g/mol. The first kappa shape index (κ1) is 16.7. The van der Waals surface area contributed by atoms with Gasteiger partial charge < -0.3 is 10.1 Å². The maximum absolute atomic E-state index is 11.9. The van der Waals surface area contributed by atoms with E-state index >= 15 is 0 Å². The number of esters is 1. The lowest BCUT2D eigenvalue weighted by Gasteiger charge is -2.06. The number of rotatable bonds is 5. The van der Waals surface area contributed by atoms with Gasteiger partial charge >= 0.3 is 5.97 Å². The summed E-state index contributed by atoms with van der Waals surface area (Å²) in [6.45, 7) is 3.70. The molecule has 1 amide bonds. The van der Waals surface area contributed by atoms with Gasteiger partial charge in [0.25, 0.3) is 5.91 Å². The Kier molecular flexibility index (Phi) is 5.74. The fourth-order valence-electron chi connectivity index (χ4n) is 1.94. The van der Waals surface area contributed by atoms with Crippen LogP contribution in [0.1, 0.15) is 27.0 Å². The number of amides is 1. The molecule has 2 aromatic rings. The molecule has 1 aromatic carbocycles. The molecule has 0 saturated heterocycles. The summed E-state index contributed by atoms with van der Waals surface area (Å²) in [7, 11) is 0. The van der Waals surface area contributed by atoms with Crippen molar-refractivity contribution in [3.63, 3.8) is 0 Å². The lowest BCUT2D eigenvalue weighted by atomic mass is 10.2. The van der Waals surface area contributed by atoms with Crippen molar-refractivity contribution in [3.8, 4) is 0 Å². The molecule has 0 aliphatic heterocycles. The third-order valence-corrected chi connectivity index (χ3v) is 4.84. The zero-order valence-corrected chi connectivity index (χ0v) is 14.7. The SMILES string of the molecule is CCc1sc(C(=O)OCC(=O)Nc2cccc(Br)c2)cc1C. The van der Waals surface area contributed by atoms with E-state index in [1.807, 2.05) is 26.0 Å². The Labute approximate surface area is 141 Å². The number of carbonyl (C=O) groups excluding carboxylic acids is 2. The van der Waals surface area contributed by atoms with Crippen molar-refractivity contribution in [2.45, 2.75) is 20.3 Å². The number of aryl methyl sites for hydroxylation is 2. The van der Waals surface area contributed by atoms with Crippen LogP contribution in [0.4, 0.5) is 5.69 Å². The second-order valence-electron chi connectivity index (χ2n) is 4.71. The number of thiophene rings is 1. The minimum atomic E-state index is -0.461. The minimum absolute atomic E-state index is 0.302. The van der Waals surface area contributed by atoms with Crippen molar-refractivity contribution in [1.29, 1.82) is 0 Å². The fourth-order valence-corrected chi connectivity index (χ4v) is 3.34. The summed E-state index contributed by atoms with van der Waals surface area (Å²) in [4.78, 5) is 25.4. The van der Waals surface area contributed by atoms with Crippen LogP contribution in [0.2, 0.25) is 0 Å². The first-order valence-electron chi connectivity index (χ1n) is 6.81. The smallest absolute Gasteiger partial charge is 0.348 e. The molecule has 0 aliphatic rings. The Bertz CT molecular complexity index is 696. The van der Waals surface area contributed by atoms with E-state index in [2.05, 4.69) is 21.2 Å². The van der Waals surface area contributed by atoms with Crippen LogP contribution in [0.5, 0.6) is 0 Å². The monoisotopic (exact) mass is 381 g/mol. The Morgan fingerprint density at radius 2 is 2.09 bits per heavy atom. The lowest BCUT2D eigenvalue weighted by molar-refractivity contribution is -0.119. The Hall–Kier alpha value is -1.66. The topological polar surface area (TPSA) is 55.4 Å². The average molecular weight is 382 g/mol. The highest BCUT2D eigenvalue weighted by Crippen LogP contribution is 2.23. The molecule has 1 N–H and O–H groups in total. The maximum Gasteiger partial charge on any atom is 0.348 e. The molecule has 22 heavy (non-hydrogen) atoms. The van der Waals surface area contributed by atoms with E-state index in [-0.39, 0.29) is 12.5 Å². The van der Waals surface area contributed by atoms with Crippen LogP contribution in [0.3, 0.4) is 0 Å². The number of hydrogen-bond donors (Lipinski definition) is 1. The molecule has 4 nitrogen and oxygen atoms in total. The standard InChI is InChI=1S/C16H16BrNO3S/c1-3-13-10(2)7-14(22-13)16(20)21-9-15(19)18-12-6-4-5-11(17)8-12/h4-8H,3,9H2,1-2H3,(H,18,19). The van der Waals surface area contributed by atoms with E-state index in [1.165, 1.54) is 11.3 Å². The van der Waals surface area contributed by atoms with Crippen molar-refractivity contribution in [2.75, 3.05) is 11.9 Å². The second kappa shape index (κ2) is 7.56. The van der Waals surface area contributed by atoms with Gasteiger partial charge in [0.15, 0.2) is 6.61 Å². The van der Waals surface area contributed by atoms with E-state index < -0.39 is 5.97 Å². The predicted molar refractivity (Wildman–Crippen MR) is 91.5 cm³/mol.